The van der Waals surface area contributed by atoms with Crippen molar-refractivity contribution in [1.82, 2.24) is 0 Å². The highest BCUT2D eigenvalue weighted by molar-refractivity contribution is 9.10. The summed E-state index contributed by atoms with van der Waals surface area (Å²) in [6.07, 6.45) is 1.73. The molecule has 0 unspecified atom stereocenters. The molecule has 0 atom stereocenters. The van der Waals surface area contributed by atoms with Gasteiger partial charge in [-0.1, -0.05) is 13.8 Å². The van der Waals surface area contributed by atoms with Gasteiger partial charge in [0.1, 0.15) is 0 Å². The van der Waals surface area contributed by atoms with Gasteiger partial charge in [0.25, 0.3) is 0 Å². The Morgan fingerprint density at radius 3 is 2.71 bits per heavy atom. The van der Waals surface area contributed by atoms with E-state index in [0.717, 1.165) is 34.2 Å². The predicted molar refractivity (Wildman–Crippen MR) is 69.2 cm³/mol. The quantitative estimate of drug-likeness (QED) is 0.783. The molecule has 0 amide bonds. The Kier molecular flexibility index (Phi) is 3.72. The molecular weight excluding hydrogens is 284 g/mol. The van der Waals surface area contributed by atoms with Gasteiger partial charge in [-0.05, 0) is 27.9 Å². The standard InChI is InChI=1S/C13H15BrO3/c1-8(2)12-9(7-15)10(14)6-11-13(12)17-5-3-4-16-11/h6-8H,3-5H2,1-2H3. The topological polar surface area (TPSA) is 35.5 Å². The van der Waals surface area contributed by atoms with Gasteiger partial charge in [-0.15, -0.1) is 0 Å². The molecule has 0 spiro atoms. The molecule has 1 aromatic rings. The van der Waals surface area contributed by atoms with Crippen LogP contribution in [-0.4, -0.2) is 19.5 Å². The summed E-state index contributed by atoms with van der Waals surface area (Å²) in [7, 11) is 0. The van der Waals surface area contributed by atoms with Gasteiger partial charge >= 0.3 is 0 Å². The maximum Gasteiger partial charge on any atom is 0.165 e. The Balaban J connectivity index is 2.66. The first-order valence-corrected chi connectivity index (χ1v) is 6.51. The Hall–Kier alpha value is -1.03. The molecule has 4 heteroatoms. The van der Waals surface area contributed by atoms with Crippen LogP contribution in [0.5, 0.6) is 11.5 Å². The second kappa shape index (κ2) is 5.08. The highest BCUT2D eigenvalue weighted by Crippen LogP contribution is 2.42. The first-order valence-electron chi connectivity index (χ1n) is 5.72. The van der Waals surface area contributed by atoms with Crippen molar-refractivity contribution in [1.29, 1.82) is 0 Å². The highest BCUT2D eigenvalue weighted by Gasteiger charge is 2.22. The average molecular weight is 299 g/mol. The summed E-state index contributed by atoms with van der Waals surface area (Å²) in [6, 6.07) is 1.82. The lowest BCUT2D eigenvalue weighted by Crippen LogP contribution is -2.03. The summed E-state index contributed by atoms with van der Waals surface area (Å²) in [4.78, 5) is 11.2. The van der Waals surface area contributed by atoms with Gasteiger partial charge in [0.15, 0.2) is 17.8 Å². The lowest BCUT2D eigenvalue weighted by atomic mass is 9.96. The van der Waals surface area contributed by atoms with Crippen molar-refractivity contribution in [3.8, 4) is 11.5 Å². The predicted octanol–water partition coefficient (Wildman–Crippen LogP) is 3.55. The number of ether oxygens (including phenoxy) is 2. The summed E-state index contributed by atoms with van der Waals surface area (Å²) < 4.78 is 12.1. The van der Waals surface area contributed by atoms with Gasteiger partial charge in [0.2, 0.25) is 0 Å². The largest absolute Gasteiger partial charge is 0.490 e. The third kappa shape index (κ3) is 2.32. The molecule has 0 bridgehead atoms. The van der Waals surface area contributed by atoms with E-state index in [4.69, 9.17) is 9.47 Å². The van der Waals surface area contributed by atoms with Crippen LogP contribution in [-0.2, 0) is 0 Å². The number of rotatable bonds is 2. The van der Waals surface area contributed by atoms with E-state index in [9.17, 15) is 4.79 Å². The normalized spacial score (nSPS) is 14.6. The Morgan fingerprint density at radius 2 is 2.06 bits per heavy atom. The second-order valence-corrected chi connectivity index (χ2v) is 5.19. The van der Waals surface area contributed by atoms with Gasteiger partial charge in [-0.3, -0.25) is 4.79 Å². The van der Waals surface area contributed by atoms with Crippen LogP contribution >= 0.6 is 15.9 Å². The molecule has 1 aromatic carbocycles. The van der Waals surface area contributed by atoms with Crippen molar-refractivity contribution >= 4 is 22.2 Å². The maximum atomic E-state index is 11.2. The fraction of sp³-hybridized carbons (Fsp3) is 0.462. The summed E-state index contributed by atoms with van der Waals surface area (Å²) in [6.45, 7) is 5.37. The Bertz CT molecular complexity index is 441. The number of carbonyl (C=O) groups excluding carboxylic acids is 1. The van der Waals surface area contributed by atoms with Crippen molar-refractivity contribution in [2.75, 3.05) is 13.2 Å². The van der Waals surface area contributed by atoms with Crippen LogP contribution < -0.4 is 9.47 Å². The molecule has 0 radical (unpaired) electrons. The lowest BCUT2D eigenvalue weighted by Gasteiger charge is -2.18. The van der Waals surface area contributed by atoms with Gasteiger partial charge in [-0.2, -0.15) is 0 Å². The molecule has 1 heterocycles. The Labute approximate surface area is 109 Å². The molecular formula is C13H15BrO3. The van der Waals surface area contributed by atoms with E-state index >= 15 is 0 Å². The van der Waals surface area contributed by atoms with Crippen molar-refractivity contribution in [2.24, 2.45) is 0 Å². The van der Waals surface area contributed by atoms with E-state index in [2.05, 4.69) is 15.9 Å². The molecule has 0 aromatic heterocycles. The summed E-state index contributed by atoms with van der Waals surface area (Å²) in [5, 5.41) is 0. The molecule has 17 heavy (non-hydrogen) atoms. The van der Waals surface area contributed by atoms with Crippen molar-refractivity contribution in [3.05, 3.63) is 21.7 Å². The molecule has 0 N–H and O–H groups in total. The van der Waals surface area contributed by atoms with Crippen molar-refractivity contribution in [2.45, 2.75) is 26.2 Å². The third-order valence-corrected chi connectivity index (χ3v) is 3.42. The van der Waals surface area contributed by atoms with Crippen LogP contribution in [0.2, 0.25) is 0 Å². The van der Waals surface area contributed by atoms with Crippen LogP contribution in [0.4, 0.5) is 0 Å². The van der Waals surface area contributed by atoms with Crippen LogP contribution in [0.3, 0.4) is 0 Å². The number of hydrogen-bond acceptors (Lipinski definition) is 3. The summed E-state index contributed by atoms with van der Waals surface area (Å²) in [5.74, 6) is 1.66. The van der Waals surface area contributed by atoms with Crippen molar-refractivity contribution in [3.63, 3.8) is 0 Å². The minimum Gasteiger partial charge on any atom is -0.490 e. The molecule has 1 aliphatic rings. The van der Waals surface area contributed by atoms with E-state index in [-0.39, 0.29) is 5.92 Å². The number of carbonyl (C=O) groups is 1. The van der Waals surface area contributed by atoms with E-state index in [1.54, 1.807) is 0 Å². The number of aldehydes is 1. The van der Waals surface area contributed by atoms with Gasteiger partial charge in [0.05, 0.1) is 13.2 Å². The van der Waals surface area contributed by atoms with Crippen LogP contribution in [0.1, 0.15) is 42.1 Å². The summed E-state index contributed by atoms with van der Waals surface area (Å²) in [5.41, 5.74) is 1.58. The van der Waals surface area contributed by atoms with Crippen molar-refractivity contribution < 1.29 is 14.3 Å². The number of hydrogen-bond donors (Lipinski definition) is 0. The lowest BCUT2D eigenvalue weighted by molar-refractivity contribution is 0.112. The molecule has 0 aliphatic carbocycles. The zero-order valence-electron chi connectivity index (χ0n) is 9.96. The molecule has 0 fully saturated rings. The second-order valence-electron chi connectivity index (χ2n) is 4.34. The molecule has 0 saturated heterocycles. The first-order chi connectivity index (χ1) is 8.15. The molecule has 3 nitrogen and oxygen atoms in total. The highest BCUT2D eigenvalue weighted by atomic mass is 79.9. The Morgan fingerprint density at radius 1 is 1.35 bits per heavy atom. The number of fused-ring (bicyclic) bond motifs is 1. The average Bonchev–Trinajstić information content (AvgIpc) is 2.51. The molecule has 0 saturated carbocycles. The van der Waals surface area contributed by atoms with E-state index in [0.29, 0.717) is 18.8 Å². The van der Waals surface area contributed by atoms with Gasteiger partial charge in [-0.25, -0.2) is 0 Å². The maximum absolute atomic E-state index is 11.2. The van der Waals surface area contributed by atoms with E-state index < -0.39 is 0 Å². The fourth-order valence-electron chi connectivity index (χ4n) is 2.01. The number of halogens is 1. The van der Waals surface area contributed by atoms with Crippen LogP contribution in [0, 0.1) is 0 Å². The van der Waals surface area contributed by atoms with Gasteiger partial charge < -0.3 is 9.47 Å². The van der Waals surface area contributed by atoms with Gasteiger partial charge in [0, 0.05) is 22.0 Å². The summed E-state index contributed by atoms with van der Waals surface area (Å²) >= 11 is 3.41. The number of benzene rings is 1. The fourth-order valence-corrected chi connectivity index (χ4v) is 2.52. The van der Waals surface area contributed by atoms with E-state index in [1.807, 2.05) is 19.9 Å². The minimum absolute atomic E-state index is 0.211. The first kappa shape index (κ1) is 12.4. The molecule has 1 aliphatic heterocycles. The van der Waals surface area contributed by atoms with Crippen LogP contribution in [0.15, 0.2) is 10.5 Å². The monoisotopic (exact) mass is 298 g/mol. The molecule has 92 valence electrons. The SMILES string of the molecule is CC(C)c1c(C=O)c(Br)cc2c1OCCCO2. The zero-order chi connectivity index (χ0) is 12.4. The van der Waals surface area contributed by atoms with Crippen LogP contribution in [0.25, 0.3) is 0 Å². The van der Waals surface area contributed by atoms with E-state index in [1.165, 1.54) is 0 Å². The third-order valence-electron chi connectivity index (χ3n) is 2.76. The molecule has 2 rings (SSSR count). The zero-order valence-corrected chi connectivity index (χ0v) is 11.5. The smallest absolute Gasteiger partial charge is 0.165 e. The minimum atomic E-state index is 0.211.